The summed E-state index contributed by atoms with van der Waals surface area (Å²) in [6.45, 7) is 6.02. The number of nitriles is 2. The molecule has 0 aliphatic rings. The molecular weight excluding hydrogens is 402 g/mol. The minimum absolute atomic E-state index is 0.264. The van der Waals surface area contributed by atoms with E-state index in [4.69, 9.17) is 15.3 Å². The van der Waals surface area contributed by atoms with Crippen molar-refractivity contribution in [2.24, 2.45) is 5.92 Å². The normalized spacial score (nSPS) is 11.1. The highest BCUT2D eigenvalue weighted by Crippen LogP contribution is 2.35. The molecule has 2 N–H and O–H groups in total. The second-order valence-corrected chi connectivity index (χ2v) is 7.30. The second kappa shape index (κ2) is 10.1. The largest absolute Gasteiger partial charge is 0.495 e. The van der Waals surface area contributed by atoms with Crippen molar-refractivity contribution >= 4 is 22.4 Å². The number of aromatic nitrogens is 1. The van der Waals surface area contributed by atoms with Crippen LogP contribution in [0.4, 0.5) is 5.69 Å². The van der Waals surface area contributed by atoms with Crippen LogP contribution in [0.1, 0.15) is 17.4 Å². The lowest BCUT2D eigenvalue weighted by Gasteiger charge is -2.15. The van der Waals surface area contributed by atoms with Crippen LogP contribution in [0.25, 0.3) is 22.0 Å². The molecule has 3 aromatic rings. The van der Waals surface area contributed by atoms with Crippen molar-refractivity contribution in [3.63, 3.8) is 0 Å². The van der Waals surface area contributed by atoms with Gasteiger partial charge in [0.05, 0.1) is 36.5 Å². The Morgan fingerprint density at radius 2 is 2.00 bits per heavy atom. The van der Waals surface area contributed by atoms with Crippen molar-refractivity contribution in [2.75, 3.05) is 25.5 Å². The molecule has 7 heteroatoms. The lowest BCUT2D eigenvalue weighted by molar-refractivity contribution is 0.0946. The van der Waals surface area contributed by atoms with Gasteiger partial charge in [-0.15, -0.1) is 0 Å². The molecule has 0 aliphatic heterocycles. The molecule has 2 aromatic carbocycles. The third-order valence-corrected chi connectivity index (χ3v) is 4.91. The highest BCUT2D eigenvalue weighted by atomic mass is 16.5. The van der Waals surface area contributed by atoms with E-state index in [1.807, 2.05) is 42.5 Å². The Labute approximate surface area is 187 Å². The van der Waals surface area contributed by atoms with Crippen LogP contribution in [0.15, 0.2) is 60.7 Å². The van der Waals surface area contributed by atoms with E-state index < -0.39 is 0 Å². The van der Waals surface area contributed by atoms with Gasteiger partial charge in [-0.25, -0.2) is 4.98 Å². The first-order valence-corrected chi connectivity index (χ1v) is 10.0. The minimum Gasteiger partial charge on any atom is -0.495 e. The second-order valence-electron chi connectivity index (χ2n) is 7.30. The van der Waals surface area contributed by atoms with E-state index in [0.29, 0.717) is 23.6 Å². The Morgan fingerprint density at radius 1 is 1.22 bits per heavy atom. The quantitative estimate of drug-likeness (QED) is 0.521. The maximum Gasteiger partial charge on any atom is 0.269 e. The maximum absolute atomic E-state index is 12.4. The monoisotopic (exact) mass is 425 g/mol. The molecule has 1 amide bonds. The maximum atomic E-state index is 12.4. The van der Waals surface area contributed by atoms with Gasteiger partial charge in [0.1, 0.15) is 11.4 Å². The van der Waals surface area contributed by atoms with E-state index in [1.165, 1.54) is 0 Å². The molecule has 0 radical (unpaired) electrons. The van der Waals surface area contributed by atoms with Crippen LogP contribution < -0.4 is 15.4 Å². The minimum atomic E-state index is -0.325. The lowest BCUT2D eigenvalue weighted by atomic mass is 10.0. The van der Waals surface area contributed by atoms with Crippen LogP contribution in [0.5, 0.6) is 5.75 Å². The first-order valence-electron chi connectivity index (χ1n) is 10.0. The summed E-state index contributed by atoms with van der Waals surface area (Å²) in [6, 6.07) is 19.1. The molecule has 1 aromatic heterocycles. The van der Waals surface area contributed by atoms with Gasteiger partial charge in [0.2, 0.25) is 0 Å². The Morgan fingerprint density at radius 3 is 2.72 bits per heavy atom. The number of fused-ring (bicyclic) bond motifs is 1. The summed E-state index contributed by atoms with van der Waals surface area (Å²) in [4.78, 5) is 16.9. The zero-order valence-electron chi connectivity index (χ0n) is 18.0. The molecule has 0 aliphatic carbocycles. The third-order valence-electron chi connectivity index (χ3n) is 4.91. The molecular formula is C25H23N5O2. The number of hydrogen-bond donors (Lipinski definition) is 2. The molecule has 0 saturated heterocycles. The summed E-state index contributed by atoms with van der Waals surface area (Å²) in [5.41, 5.74) is 2.91. The Kier molecular flexibility index (Phi) is 7.05. The van der Waals surface area contributed by atoms with Crippen molar-refractivity contribution in [2.45, 2.75) is 6.92 Å². The molecule has 1 heterocycles. The molecule has 7 nitrogen and oxygen atoms in total. The molecule has 160 valence electrons. The smallest absolute Gasteiger partial charge is 0.269 e. The standard InChI is InChI=1S/C25H23N5O2/c1-16(12-26)14-28-24-20-11-19(8-7-18(20)9-10-23(24)32-3)21-5-4-6-22(30-21)25(31)29-15-17(2)13-27/h4-11,17,28H,1,14-15H2,2-3H3,(H,29,31). The zero-order valence-corrected chi connectivity index (χ0v) is 18.0. The van der Waals surface area contributed by atoms with Gasteiger partial charge in [-0.1, -0.05) is 30.8 Å². The fourth-order valence-electron chi connectivity index (χ4n) is 3.15. The predicted molar refractivity (Wildman–Crippen MR) is 124 cm³/mol. The van der Waals surface area contributed by atoms with Gasteiger partial charge in [-0.05, 0) is 36.6 Å². The van der Waals surface area contributed by atoms with E-state index in [1.54, 1.807) is 26.2 Å². The van der Waals surface area contributed by atoms with Gasteiger partial charge in [-0.2, -0.15) is 10.5 Å². The van der Waals surface area contributed by atoms with Crippen molar-refractivity contribution in [1.29, 1.82) is 10.5 Å². The van der Waals surface area contributed by atoms with Crippen LogP contribution >= 0.6 is 0 Å². The van der Waals surface area contributed by atoms with Crippen molar-refractivity contribution < 1.29 is 9.53 Å². The number of nitrogens with zero attached hydrogens (tertiary/aromatic N) is 3. The number of carbonyl (C=O) groups excluding carboxylic acids is 1. The zero-order chi connectivity index (χ0) is 23.1. The van der Waals surface area contributed by atoms with E-state index in [2.05, 4.69) is 28.3 Å². The number of carbonyl (C=O) groups is 1. The fourth-order valence-corrected chi connectivity index (χ4v) is 3.15. The van der Waals surface area contributed by atoms with Crippen molar-refractivity contribution in [1.82, 2.24) is 10.3 Å². The highest BCUT2D eigenvalue weighted by Gasteiger charge is 2.13. The third kappa shape index (κ3) is 5.03. The molecule has 0 bridgehead atoms. The molecule has 1 atom stereocenters. The van der Waals surface area contributed by atoms with Crippen LogP contribution in [0.2, 0.25) is 0 Å². The molecule has 1 unspecified atom stereocenters. The number of methoxy groups -OCH3 is 1. The summed E-state index contributed by atoms with van der Waals surface area (Å²) in [5, 5.41) is 25.8. The first kappa shape index (κ1) is 22.3. The van der Waals surface area contributed by atoms with E-state index >= 15 is 0 Å². The fraction of sp³-hybridized carbons (Fsp3) is 0.200. The highest BCUT2D eigenvalue weighted by molar-refractivity contribution is 5.99. The van der Waals surface area contributed by atoms with E-state index in [9.17, 15) is 4.79 Å². The SMILES string of the molecule is C=C(C#N)CNc1c(OC)ccc2ccc(-c3cccc(C(=O)NCC(C)C#N)n3)cc12. The van der Waals surface area contributed by atoms with Crippen LogP contribution in [0.3, 0.4) is 0 Å². The Bertz CT molecular complexity index is 1250. The van der Waals surface area contributed by atoms with Crippen LogP contribution in [-0.4, -0.2) is 31.1 Å². The van der Waals surface area contributed by atoms with Crippen LogP contribution in [0, 0.1) is 28.6 Å². The molecule has 0 fully saturated rings. The summed E-state index contributed by atoms with van der Waals surface area (Å²) in [6.07, 6.45) is 0. The van der Waals surface area contributed by atoms with Crippen molar-refractivity contribution in [3.8, 4) is 29.1 Å². The summed E-state index contributed by atoms with van der Waals surface area (Å²) in [5.74, 6) is 0.0440. The molecule has 3 rings (SSSR count). The van der Waals surface area contributed by atoms with Gasteiger partial charge >= 0.3 is 0 Å². The van der Waals surface area contributed by atoms with Gasteiger partial charge in [0, 0.05) is 29.6 Å². The molecule has 0 spiro atoms. The number of amides is 1. The average molecular weight is 425 g/mol. The predicted octanol–water partition coefficient (Wildman–Crippen LogP) is 4.29. The van der Waals surface area contributed by atoms with Gasteiger partial charge in [0.25, 0.3) is 5.91 Å². The number of hydrogen-bond acceptors (Lipinski definition) is 6. The topological polar surface area (TPSA) is 111 Å². The Hall–Kier alpha value is -4.36. The van der Waals surface area contributed by atoms with E-state index in [0.717, 1.165) is 22.0 Å². The average Bonchev–Trinajstić information content (AvgIpc) is 2.84. The van der Waals surface area contributed by atoms with Crippen molar-refractivity contribution in [3.05, 3.63) is 66.4 Å². The van der Waals surface area contributed by atoms with Crippen LogP contribution in [-0.2, 0) is 0 Å². The number of ether oxygens (including phenoxy) is 1. The molecule has 0 saturated carbocycles. The van der Waals surface area contributed by atoms with Gasteiger partial charge in [0.15, 0.2) is 0 Å². The van der Waals surface area contributed by atoms with E-state index in [-0.39, 0.29) is 24.1 Å². The number of anilines is 1. The van der Waals surface area contributed by atoms with Gasteiger partial charge in [-0.3, -0.25) is 4.79 Å². The number of pyridine rings is 1. The summed E-state index contributed by atoms with van der Waals surface area (Å²) in [7, 11) is 1.59. The lowest BCUT2D eigenvalue weighted by Crippen LogP contribution is -2.28. The summed E-state index contributed by atoms with van der Waals surface area (Å²) >= 11 is 0. The Balaban J connectivity index is 1.97. The molecule has 32 heavy (non-hydrogen) atoms. The summed E-state index contributed by atoms with van der Waals surface area (Å²) < 4.78 is 5.50. The number of nitrogens with one attached hydrogen (secondary N) is 2. The van der Waals surface area contributed by atoms with Gasteiger partial charge < -0.3 is 15.4 Å². The number of benzene rings is 2. The number of rotatable bonds is 8. The first-order chi connectivity index (χ1) is 15.5.